The molecule has 20 heavy (non-hydrogen) atoms. The summed E-state index contributed by atoms with van der Waals surface area (Å²) < 4.78 is 5.66. The minimum Gasteiger partial charge on any atom is -0.492 e. The molecule has 0 radical (unpaired) electrons. The first-order chi connectivity index (χ1) is 9.78. The van der Waals surface area contributed by atoms with Gasteiger partial charge < -0.3 is 4.74 Å². The van der Waals surface area contributed by atoms with Crippen LogP contribution in [-0.2, 0) is 6.54 Å². The molecule has 0 aliphatic heterocycles. The zero-order valence-electron chi connectivity index (χ0n) is 11.6. The van der Waals surface area contributed by atoms with Crippen LogP contribution < -0.4 is 4.74 Å². The lowest BCUT2D eigenvalue weighted by atomic mass is 10.2. The summed E-state index contributed by atoms with van der Waals surface area (Å²) in [6.07, 6.45) is 0. The van der Waals surface area contributed by atoms with E-state index in [4.69, 9.17) is 10.00 Å². The van der Waals surface area contributed by atoms with Crippen LogP contribution in [0.5, 0.6) is 5.75 Å². The molecular weight excluding hydrogens is 248 g/mol. The maximum atomic E-state index is 8.83. The van der Waals surface area contributed by atoms with Crippen LogP contribution in [-0.4, -0.2) is 25.1 Å². The van der Waals surface area contributed by atoms with Gasteiger partial charge in [0.15, 0.2) is 0 Å². The molecule has 2 rings (SSSR count). The first kappa shape index (κ1) is 14.1. The molecule has 0 aliphatic carbocycles. The Morgan fingerprint density at radius 2 is 1.90 bits per heavy atom. The van der Waals surface area contributed by atoms with Crippen molar-refractivity contribution in [3.05, 3.63) is 65.7 Å². The van der Waals surface area contributed by atoms with Crippen LogP contribution in [0.1, 0.15) is 11.1 Å². The minimum atomic E-state index is 0.609. The summed E-state index contributed by atoms with van der Waals surface area (Å²) in [5, 5.41) is 8.83. The molecule has 2 aromatic rings. The average Bonchev–Trinajstić information content (AvgIpc) is 2.48. The number of likely N-dealkylation sites (N-methyl/N-ethyl adjacent to an activating group) is 1. The lowest BCUT2D eigenvalue weighted by Crippen LogP contribution is -2.23. The molecule has 0 amide bonds. The van der Waals surface area contributed by atoms with Crippen molar-refractivity contribution in [3.63, 3.8) is 0 Å². The van der Waals surface area contributed by atoms with Crippen molar-refractivity contribution in [1.29, 1.82) is 5.26 Å². The van der Waals surface area contributed by atoms with E-state index in [1.807, 2.05) is 30.3 Å². The molecular formula is C17H18N2O. The number of benzene rings is 2. The van der Waals surface area contributed by atoms with E-state index in [0.29, 0.717) is 12.2 Å². The predicted octanol–water partition coefficient (Wildman–Crippen LogP) is 3.07. The van der Waals surface area contributed by atoms with Gasteiger partial charge in [-0.3, -0.25) is 4.90 Å². The molecule has 0 atom stereocenters. The van der Waals surface area contributed by atoms with Crippen molar-refractivity contribution in [2.24, 2.45) is 0 Å². The van der Waals surface area contributed by atoms with Gasteiger partial charge in [-0.1, -0.05) is 36.4 Å². The van der Waals surface area contributed by atoms with Gasteiger partial charge >= 0.3 is 0 Å². The van der Waals surface area contributed by atoms with Crippen molar-refractivity contribution >= 4 is 0 Å². The molecule has 0 aliphatic rings. The van der Waals surface area contributed by atoms with Gasteiger partial charge in [0.2, 0.25) is 0 Å². The van der Waals surface area contributed by atoms with Crippen LogP contribution in [0, 0.1) is 11.3 Å². The first-order valence-corrected chi connectivity index (χ1v) is 6.63. The van der Waals surface area contributed by atoms with E-state index in [-0.39, 0.29) is 0 Å². The van der Waals surface area contributed by atoms with Crippen LogP contribution in [0.2, 0.25) is 0 Å². The van der Waals surface area contributed by atoms with E-state index in [9.17, 15) is 0 Å². The standard InChI is InChI=1S/C17H18N2O/c1-19(14-15-6-3-2-4-7-15)10-11-20-17-9-5-8-16(12-17)13-18/h2-9,12H,10-11,14H2,1H3. The molecule has 3 nitrogen and oxygen atoms in total. The summed E-state index contributed by atoms with van der Waals surface area (Å²) in [5.74, 6) is 0.747. The minimum absolute atomic E-state index is 0.609. The van der Waals surface area contributed by atoms with Crippen molar-refractivity contribution in [2.75, 3.05) is 20.2 Å². The third kappa shape index (κ3) is 4.42. The normalized spacial score (nSPS) is 10.2. The van der Waals surface area contributed by atoms with Gasteiger partial charge in [-0.15, -0.1) is 0 Å². The molecule has 0 bridgehead atoms. The van der Waals surface area contributed by atoms with E-state index >= 15 is 0 Å². The molecule has 3 heteroatoms. The van der Waals surface area contributed by atoms with E-state index in [2.05, 4.69) is 30.1 Å². The number of nitriles is 1. The summed E-state index contributed by atoms with van der Waals surface area (Å²) in [7, 11) is 2.07. The van der Waals surface area contributed by atoms with Crippen LogP contribution in [0.25, 0.3) is 0 Å². The van der Waals surface area contributed by atoms with Crippen molar-refractivity contribution in [2.45, 2.75) is 6.54 Å². The SMILES string of the molecule is CN(CCOc1cccc(C#N)c1)Cc1ccccc1. The Balaban J connectivity index is 1.76. The summed E-state index contributed by atoms with van der Waals surface area (Å²) in [6, 6.07) is 19.7. The Morgan fingerprint density at radius 1 is 1.10 bits per heavy atom. The third-order valence-electron chi connectivity index (χ3n) is 3.00. The van der Waals surface area contributed by atoms with E-state index in [0.717, 1.165) is 18.8 Å². The second kappa shape index (κ2) is 7.32. The fourth-order valence-electron chi connectivity index (χ4n) is 1.95. The zero-order chi connectivity index (χ0) is 14.2. The topological polar surface area (TPSA) is 36.3 Å². The van der Waals surface area contributed by atoms with Gasteiger partial charge in [0.25, 0.3) is 0 Å². The van der Waals surface area contributed by atoms with Gasteiger partial charge in [0.1, 0.15) is 12.4 Å². The number of nitrogens with zero attached hydrogens (tertiary/aromatic N) is 2. The highest BCUT2D eigenvalue weighted by Crippen LogP contribution is 2.12. The predicted molar refractivity (Wildman–Crippen MR) is 79.4 cm³/mol. The number of hydrogen-bond acceptors (Lipinski definition) is 3. The van der Waals surface area contributed by atoms with Gasteiger partial charge in [-0.25, -0.2) is 0 Å². The molecule has 2 aromatic carbocycles. The maximum Gasteiger partial charge on any atom is 0.120 e. The smallest absolute Gasteiger partial charge is 0.120 e. The van der Waals surface area contributed by atoms with Crippen molar-refractivity contribution < 1.29 is 4.74 Å². The second-order valence-corrected chi connectivity index (χ2v) is 4.71. The molecule has 102 valence electrons. The van der Waals surface area contributed by atoms with Crippen molar-refractivity contribution in [1.82, 2.24) is 4.90 Å². The molecule has 0 aromatic heterocycles. The van der Waals surface area contributed by atoms with E-state index < -0.39 is 0 Å². The molecule has 0 saturated heterocycles. The monoisotopic (exact) mass is 266 g/mol. The highest BCUT2D eigenvalue weighted by atomic mass is 16.5. The van der Waals surface area contributed by atoms with Crippen molar-refractivity contribution in [3.8, 4) is 11.8 Å². The second-order valence-electron chi connectivity index (χ2n) is 4.71. The highest BCUT2D eigenvalue weighted by Gasteiger charge is 2.01. The zero-order valence-corrected chi connectivity index (χ0v) is 11.6. The molecule has 0 heterocycles. The third-order valence-corrected chi connectivity index (χ3v) is 3.00. The number of hydrogen-bond donors (Lipinski definition) is 0. The lowest BCUT2D eigenvalue weighted by Gasteiger charge is -2.17. The Hall–Kier alpha value is -2.31. The number of rotatable bonds is 6. The van der Waals surface area contributed by atoms with Gasteiger partial charge in [-0.2, -0.15) is 5.26 Å². The first-order valence-electron chi connectivity index (χ1n) is 6.63. The summed E-state index contributed by atoms with van der Waals surface area (Å²) in [4.78, 5) is 2.21. The molecule has 0 saturated carbocycles. The number of ether oxygens (including phenoxy) is 1. The van der Waals surface area contributed by atoms with E-state index in [1.165, 1.54) is 5.56 Å². The Bertz CT molecular complexity index is 575. The Kier molecular flexibility index (Phi) is 5.16. The fourth-order valence-corrected chi connectivity index (χ4v) is 1.95. The summed E-state index contributed by atoms with van der Waals surface area (Å²) in [6.45, 7) is 2.35. The molecule has 0 unspecified atom stereocenters. The Labute approximate surface area is 120 Å². The maximum absolute atomic E-state index is 8.83. The van der Waals surface area contributed by atoms with Gasteiger partial charge in [0, 0.05) is 13.1 Å². The van der Waals surface area contributed by atoms with E-state index in [1.54, 1.807) is 12.1 Å². The van der Waals surface area contributed by atoms with Gasteiger partial charge in [0.05, 0.1) is 11.6 Å². The fraction of sp³-hybridized carbons (Fsp3) is 0.235. The summed E-state index contributed by atoms with van der Waals surface area (Å²) >= 11 is 0. The molecule has 0 N–H and O–H groups in total. The highest BCUT2D eigenvalue weighted by molar-refractivity contribution is 5.36. The van der Waals surface area contributed by atoms with Crippen LogP contribution in [0.3, 0.4) is 0 Å². The Morgan fingerprint density at radius 3 is 2.65 bits per heavy atom. The van der Waals surface area contributed by atoms with Crippen LogP contribution in [0.4, 0.5) is 0 Å². The summed E-state index contributed by atoms with van der Waals surface area (Å²) in [5.41, 5.74) is 1.92. The van der Waals surface area contributed by atoms with Gasteiger partial charge in [-0.05, 0) is 30.8 Å². The lowest BCUT2D eigenvalue weighted by molar-refractivity contribution is 0.233. The molecule has 0 fully saturated rings. The van der Waals surface area contributed by atoms with Crippen LogP contribution >= 0.6 is 0 Å². The average molecular weight is 266 g/mol. The quantitative estimate of drug-likeness (QED) is 0.806. The molecule has 0 spiro atoms. The van der Waals surface area contributed by atoms with Crippen LogP contribution in [0.15, 0.2) is 54.6 Å². The largest absolute Gasteiger partial charge is 0.492 e.